The number of anilines is 1. The molecule has 5 nitrogen and oxygen atoms in total. The highest BCUT2D eigenvalue weighted by Gasteiger charge is 2.37. The highest BCUT2D eigenvalue weighted by Crippen LogP contribution is 2.47. The lowest BCUT2D eigenvalue weighted by molar-refractivity contribution is -0.116. The number of fused-ring (bicyclic) bond motifs is 1. The summed E-state index contributed by atoms with van der Waals surface area (Å²) >= 11 is 0. The van der Waals surface area contributed by atoms with E-state index in [1.807, 2.05) is 18.2 Å². The summed E-state index contributed by atoms with van der Waals surface area (Å²) in [6.07, 6.45) is 2.69. The zero-order chi connectivity index (χ0) is 14.4. The fraction of sp³-hybridized carbons (Fsp3) is 0.312. The van der Waals surface area contributed by atoms with Gasteiger partial charge in [0.2, 0.25) is 5.91 Å². The van der Waals surface area contributed by atoms with Crippen LogP contribution in [0.1, 0.15) is 53.5 Å². The van der Waals surface area contributed by atoms with Crippen LogP contribution < -0.4 is 5.32 Å². The lowest BCUT2D eigenvalue weighted by atomic mass is 9.83. The van der Waals surface area contributed by atoms with Crippen LogP contribution in [0.15, 0.2) is 24.3 Å². The molecule has 0 bridgehead atoms. The summed E-state index contributed by atoms with van der Waals surface area (Å²) in [6.45, 7) is 0. The van der Waals surface area contributed by atoms with Crippen molar-refractivity contribution in [1.82, 2.24) is 10.2 Å². The van der Waals surface area contributed by atoms with Crippen LogP contribution >= 0.6 is 0 Å². The number of carbonyl (C=O) groups is 1. The first-order valence-electron chi connectivity index (χ1n) is 7.15. The molecule has 1 saturated carbocycles. The minimum Gasteiger partial charge on any atom is -0.309 e. The second kappa shape index (κ2) is 4.45. The number of benzene rings is 1. The zero-order valence-electron chi connectivity index (χ0n) is 11.4. The molecule has 5 heteroatoms. The van der Waals surface area contributed by atoms with E-state index < -0.39 is 0 Å². The number of amides is 1. The Kier molecular flexibility index (Phi) is 2.58. The number of hydrogen-bond acceptors (Lipinski definition) is 3. The smallest absolute Gasteiger partial charge is 0.226 e. The van der Waals surface area contributed by atoms with Gasteiger partial charge in [-0.05, 0) is 24.5 Å². The van der Waals surface area contributed by atoms with Gasteiger partial charge in [-0.1, -0.05) is 18.2 Å². The Balaban J connectivity index is 1.88. The summed E-state index contributed by atoms with van der Waals surface area (Å²) in [7, 11) is 0. The summed E-state index contributed by atoms with van der Waals surface area (Å²) in [6, 6.07) is 9.74. The Morgan fingerprint density at radius 2 is 2.10 bits per heavy atom. The number of hydrogen-bond donors (Lipinski definition) is 2. The van der Waals surface area contributed by atoms with E-state index in [1.54, 1.807) is 6.07 Å². The van der Waals surface area contributed by atoms with Gasteiger partial charge in [0.05, 0.1) is 11.6 Å². The highest BCUT2D eigenvalue weighted by molar-refractivity contribution is 5.94. The molecule has 1 unspecified atom stereocenters. The van der Waals surface area contributed by atoms with Crippen LogP contribution in [0.2, 0.25) is 0 Å². The Bertz CT molecular complexity index is 767. The fourth-order valence-electron chi connectivity index (χ4n) is 3.13. The van der Waals surface area contributed by atoms with Crippen molar-refractivity contribution in [2.24, 2.45) is 0 Å². The van der Waals surface area contributed by atoms with E-state index in [2.05, 4.69) is 21.6 Å². The molecular weight excluding hydrogens is 264 g/mol. The minimum absolute atomic E-state index is 0.0471. The van der Waals surface area contributed by atoms with Crippen LogP contribution in [0.3, 0.4) is 0 Å². The number of rotatable bonds is 2. The van der Waals surface area contributed by atoms with Crippen molar-refractivity contribution >= 4 is 11.7 Å². The molecule has 1 fully saturated rings. The molecule has 1 aromatic carbocycles. The van der Waals surface area contributed by atoms with Gasteiger partial charge < -0.3 is 5.32 Å². The predicted molar refractivity (Wildman–Crippen MR) is 76.8 cm³/mol. The molecule has 0 radical (unpaired) electrons. The number of H-pyrrole nitrogens is 1. The third-order valence-corrected chi connectivity index (χ3v) is 4.27. The number of carbonyl (C=O) groups excluding carboxylic acids is 1. The van der Waals surface area contributed by atoms with Crippen molar-refractivity contribution in [2.45, 2.75) is 31.1 Å². The van der Waals surface area contributed by atoms with Gasteiger partial charge in [0.15, 0.2) is 5.82 Å². The van der Waals surface area contributed by atoms with Gasteiger partial charge in [-0.3, -0.25) is 9.89 Å². The number of aromatic nitrogens is 2. The molecular formula is C16H14N4O. The summed E-state index contributed by atoms with van der Waals surface area (Å²) in [5, 5.41) is 19.5. The maximum Gasteiger partial charge on any atom is 0.226 e. The lowest BCUT2D eigenvalue weighted by Crippen LogP contribution is -2.24. The number of nitriles is 1. The van der Waals surface area contributed by atoms with Crippen molar-refractivity contribution < 1.29 is 4.79 Å². The maximum atomic E-state index is 12.0. The van der Waals surface area contributed by atoms with Crippen LogP contribution in [0.5, 0.6) is 0 Å². The van der Waals surface area contributed by atoms with E-state index in [-0.39, 0.29) is 11.8 Å². The van der Waals surface area contributed by atoms with Crippen molar-refractivity contribution in [3.05, 3.63) is 46.6 Å². The zero-order valence-corrected chi connectivity index (χ0v) is 11.4. The van der Waals surface area contributed by atoms with Crippen molar-refractivity contribution in [3.8, 4) is 6.07 Å². The summed E-state index contributed by atoms with van der Waals surface area (Å²) < 4.78 is 0. The van der Waals surface area contributed by atoms with Crippen LogP contribution in [-0.4, -0.2) is 16.1 Å². The van der Waals surface area contributed by atoms with E-state index in [4.69, 9.17) is 0 Å². The van der Waals surface area contributed by atoms with Crippen molar-refractivity contribution in [1.29, 1.82) is 5.26 Å². The van der Waals surface area contributed by atoms with E-state index in [0.29, 0.717) is 23.7 Å². The van der Waals surface area contributed by atoms with Crippen LogP contribution in [0.25, 0.3) is 0 Å². The Morgan fingerprint density at radius 3 is 2.86 bits per heavy atom. The van der Waals surface area contributed by atoms with Gasteiger partial charge in [0.25, 0.3) is 0 Å². The molecule has 1 aliphatic carbocycles. The van der Waals surface area contributed by atoms with Gasteiger partial charge in [0.1, 0.15) is 0 Å². The van der Waals surface area contributed by atoms with Crippen LogP contribution in [0.4, 0.5) is 5.82 Å². The SMILES string of the molecule is N#Cc1ccccc1C1CC(=O)Nc2n[nH]c(C3CC3)c21. The van der Waals surface area contributed by atoms with Gasteiger partial charge in [-0.15, -0.1) is 0 Å². The van der Waals surface area contributed by atoms with E-state index in [9.17, 15) is 10.1 Å². The first-order valence-corrected chi connectivity index (χ1v) is 7.15. The topological polar surface area (TPSA) is 81.6 Å². The van der Waals surface area contributed by atoms with Gasteiger partial charge in [-0.2, -0.15) is 10.4 Å². The predicted octanol–water partition coefficient (Wildman–Crippen LogP) is 2.63. The van der Waals surface area contributed by atoms with Gasteiger partial charge >= 0.3 is 0 Å². The average Bonchev–Trinajstić information content (AvgIpc) is 3.26. The molecule has 1 atom stereocenters. The molecule has 2 aliphatic rings. The second-order valence-electron chi connectivity index (χ2n) is 5.68. The lowest BCUT2D eigenvalue weighted by Gasteiger charge is -2.24. The van der Waals surface area contributed by atoms with E-state index in [0.717, 1.165) is 29.7 Å². The molecule has 1 aliphatic heterocycles. The molecule has 4 rings (SSSR count). The second-order valence-corrected chi connectivity index (χ2v) is 5.68. The summed E-state index contributed by atoms with van der Waals surface area (Å²) in [5.41, 5.74) is 3.74. The summed E-state index contributed by atoms with van der Waals surface area (Å²) in [5.74, 6) is 1.02. The Morgan fingerprint density at radius 1 is 1.29 bits per heavy atom. The molecule has 0 saturated heterocycles. The van der Waals surface area contributed by atoms with Gasteiger partial charge in [0, 0.05) is 29.5 Å². The molecule has 2 aromatic rings. The average molecular weight is 278 g/mol. The molecule has 0 spiro atoms. The Hall–Kier alpha value is -2.61. The van der Waals surface area contributed by atoms with Crippen LogP contribution in [0, 0.1) is 11.3 Å². The van der Waals surface area contributed by atoms with Crippen molar-refractivity contribution in [3.63, 3.8) is 0 Å². The normalized spacial score (nSPS) is 20.5. The first kappa shape index (κ1) is 12.2. The number of aromatic amines is 1. The third-order valence-electron chi connectivity index (χ3n) is 4.27. The quantitative estimate of drug-likeness (QED) is 0.886. The first-order chi connectivity index (χ1) is 10.3. The fourth-order valence-corrected chi connectivity index (χ4v) is 3.13. The Labute approximate surface area is 122 Å². The monoisotopic (exact) mass is 278 g/mol. The standard InChI is InChI=1S/C16H14N4O/c17-8-10-3-1-2-4-11(10)12-7-13(21)18-16-14(12)15(19-20-16)9-5-6-9/h1-4,9,12H,5-7H2,(H2,18,19,20,21). The van der Waals surface area contributed by atoms with E-state index >= 15 is 0 Å². The van der Waals surface area contributed by atoms with Crippen LogP contribution in [-0.2, 0) is 4.79 Å². The molecule has 1 aromatic heterocycles. The molecule has 1 amide bonds. The molecule has 2 N–H and O–H groups in total. The maximum absolute atomic E-state index is 12.0. The number of nitrogens with one attached hydrogen (secondary N) is 2. The van der Waals surface area contributed by atoms with Crippen molar-refractivity contribution in [2.75, 3.05) is 5.32 Å². The van der Waals surface area contributed by atoms with E-state index in [1.165, 1.54) is 0 Å². The van der Waals surface area contributed by atoms with Gasteiger partial charge in [-0.25, -0.2) is 0 Å². The third kappa shape index (κ3) is 1.91. The highest BCUT2D eigenvalue weighted by atomic mass is 16.1. The largest absolute Gasteiger partial charge is 0.309 e. The minimum atomic E-state index is -0.0843. The molecule has 104 valence electrons. The summed E-state index contributed by atoms with van der Waals surface area (Å²) in [4.78, 5) is 12.0. The number of nitrogens with zero attached hydrogens (tertiary/aromatic N) is 2. The molecule has 2 heterocycles. The molecule has 21 heavy (non-hydrogen) atoms.